The van der Waals surface area contributed by atoms with Gasteiger partial charge in [-0.3, -0.25) is 0 Å². The summed E-state index contributed by atoms with van der Waals surface area (Å²) in [7, 11) is 0. The SMILES string of the molecule is O=C(NCC(O)CN1CCCC1)NCC(c1ccccc1)c1ccccc1. The van der Waals surface area contributed by atoms with Gasteiger partial charge in [0.2, 0.25) is 0 Å². The van der Waals surface area contributed by atoms with Crippen molar-refractivity contribution in [3.8, 4) is 0 Å². The van der Waals surface area contributed by atoms with E-state index >= 15 is 0 Å². The molecule has 3 N–H and O–H groups in total. The van der Waals surface area contributed by atoms with E-state index < -0.39 is 6.10 Å². The minimum absolute atomic E-state index is 0.0904. The minimum Gasteiger partial charge on any atom is -0.390 e. The molecule has 27 heavy (non-hydrogen) atoms. The second-order valence-corrected chi connectivity index (χ2v) is 7.13. The Morgan fingerprint density at radius 2 is 1.41 bits per heavy atom. The Balaban J connectivity index is 1.50. The number of aliphatic hydroxyl groups excluding tert-OH is 1. The number of hydrogen-bond donors (Lipinski definition) is 3. The van der Waals surface area contributed by atoms with Crippen molar-refractivity contribution < 1.29 is 9.90 Å². The Kier molecular flexibility index (Phi) is 7.25. The first-order valence-electron chi connectivity index (χ1n) is 9.74. The number of benzene rings is 2. The average Bonchev–Trinajstić information content (AvgIpc) is 3.21. The fourth-order valence-corrected chi connectivity index (χ4v) is 3.59. The molecule has 2 amide bonds. The van der Waals surface area contributed by atoms with Crippen LogP contribution in [0, 0.1) is 0 Å². The monoisotopic (exact) mass is 367 g/mol. The molecular weight excluding hydrogens is 338 g/mol. The van der Waals surface area contributed by atoms with Gasteiger partial charge in [-0.1, -0.05) is 60.7 Å². The average molecular weight is 367 g/mol. The summed E-state index contributed by atoms with van der Waals surface area (Å²) >= 11 is 0. The van der Waals surface area contributed by atoms with Crippen LogP contribution < -0.4 is 10.6 Å². The first kappa shape index (κ1) is 19.4. The van der Waals surface area contributed by atoms with E-state index in [1.807, 2.05) is 36.4 Å². The van der Waals surface area contributed by atoms with E-state index in [0.29, 0.717) is 13.1 Å². The summed E-state index contributed by atoms with van der Waals surface area (Å²) in [5, 5.41) is 15.8. The molecule has 5 heteroatoms. The largest absolute Gasteiger partial charge is 0.390 e. The van der Waals surface area contributed by atoms with Crippen molar-refractivity contribution in [1.82, 2.24) is 15.5 Å². The molecule has 3 rings (SSSR count). The molecule has 0 aliphatic carbocycles. The summed E-state index contributed by atoms with van der Waals surface area (Å²) in [6.45, 7) is 3.47. The third-order valence-corrected chi connectivity index (χ3v) is 5.04. The first-order chi connectivity index (χ1) is 13.2. The molecule has 144 valence electrons. The molecule has 0 radical (unpaired) electrons. The van der Waals surface area contributed by atoms with Crippen molar-refractivity contribution in [2.24, 2.45) is 0 Å². The Hall–Kier alpha value is -2.37. The molecule has 5 nitrogen and oxygen atoms in total. The van der Waals surface area contributed by atoms with Gasteiger partial charge in [0, 0.05) is 25.6 Å². The van der Waals surface area contributed by atoms with E-state index in [-0.39, 0.29) is 18.5 Å². The lowest BCUT2D eigenvalue weighted by Crippen LogP contribution is -2.44. The van der Waals surface area contributed by atoms with Crippen LogP contribution in [0.3, 0.4) is 0 Å². The first-order valence-corrected chi connectivity index (χ1v) is 9.74. The van der Waals surface area contributed by atoms with Gasteiger partial charge in [0.05, 0.1) is 6.10 Å². The molecule has 1 saturated heterocycles. The Morgan fingerprint density at radius 1 is 0.889 bits per heavy atom. The second kappa shape index (κ2) is 10.1. The number of urea groups is 1. The Labute approximate surface area is 161 Å². The number of aliphatic hydroxyl groups is 1. The number of amides is 2. The normalized spacial score (nSPS) is 15.6. The molecule has 1 heterocycles. The number of carbonyl (C=O) groups excluding carboxylic acids is 1. The van der Waals surface area contributed by atoms with Crippen molar-refractivity contribution in [3.63, 3.8) is 0 Å². The summed E-state index contributed by atoms with van der Waals surface area (Å²) in [6, 6.07) is 20.1. The summed E-state index contributed by atoms with van der Waals surface area (Å²) in [4.78, 5) is 14.4. The standard InChI is InChI=1S/C22H29N3O2/c26-20(17-25-13-7-8-14-25)15-23-22(27)24-16-21(18-9-3-1-4-10-18)19-11-5-2-6-12-19/h1-6,9-12,20-21,26H,7-8,13-17H2,(H2,23,24,27). The van der Waals surface area contributed by atoms with Crippen molar-refractivity contribution in [2.45, 2.75) is 24.9 Å². The van der Waals surface area contributed by atoms with Crippen molar-refractivity contribution in [2.75, 3.05) is 32.7 Å². The molecule has 0 aromatic heterocycles. The maximum Gasteiger partial charge on any atom is 0.314 e. The van der Waals surface area contributed by atoms with Crippen LogP contribution in [0.15, 0.2) is 60.7 Å². The van der Waals surface area contributed by atoms with Gasteiger partial charge >= 0.3 is 6.03 Å². The van der Waals surface area contributed by atoms with Gasteiger partial charge in [-0.25, -0.2) is 4.79 Å². The minimum atomic E-state index is -0.534. The van der Waals surface area contributed by atoms with Crippen LogP contribution in [0.1, 0.15) is 29.9 Å². The number of likely N-dealkylation sites (tertiary alicyclic amines) is 1. The van der Waals surface area contributed by atoms with Gasteiger partial charge in [-0.15, -0.1) is 0 Å². The highest BCUT2D eigenvalue weighted by Gasteiger charge is 2.17. The van der Waals surface area contributed by atoms with E-state index in [4.69, 9.17) is 0 Å². The predicted octanol–water partition coefficient (Wildman–Crippen LogP) is 2.57. The topological polar surface area (TPSA) is 64.6 Å². The van der Waals surface area contributed by atoms with Crippen LogP contribution in [-0.4, -0.2) is 54.9 Å². The maximum absolute atomic E-state index is 12.2. The van der Waals surface area contributed by atoms with E-state index in [2.05, 4.69) is 39.8 Å². The zero-order chi connectivity index (χ0) is 18.9. The van der Waals surface area contributed by atoms with E-state index in [1.54, 1.807) is 0 Å². The Morgan fingerprint density at radius 3 is 1.96 bits per heavy atom. The summed E-state index contributed by atoms with van der Waals surface area (Å²) in [6.07, 6.45) is 1.86. The lowest BCUT2D eigenvalue weighted by Gasteiger charge is -2.21. The van der Waals surface area contributed by atoms with Crippen molar-refractivity contribution in [3.05, 3.63) is 71.8 Å². The van der Waals surface area contributed by atoms with Gasteiger partial charge < -0.3 is 20.6 Å². The van der Waals surface area contributed by atoms with Crippen molar-refractivity contribution in [1.29, 1.82) is 0 Å². The van der Waals surface area contributed by atoms with Crippen LogP contribution in [0.4, 0.5) is 4.79 Å². The highest BCUT2D eigenvalue weighted by molar-refractivity contribution is 5.74. The smallest absolute Gasteiger partial charge is 0.314 e. The predicted molar refractivity (Wildman–Crippen MR) is 108 cm³/mol. The lowest BCUT2D eigenvalue weighted by molar-refractivity contribution is 0.124. The maximum atomic E-state index is 12.2. The zero-order valence-corrected chi connectivity index (χ0v) is 15.7. The summed E-state index contributed by atoms with van der Waals surface area (Å²) in [5.74, 6) is 0.0904. The molecule has 0 spiro atoms. The highest BCUT2D eigenvalue weighted by Crippen LogP contribution is 2.23. The number of hydrogen-bond acceptors (Lipinski definition) is 3. The zero-order valence-electron chi connectivity index (χ0n) is 15.7. The molecule has 2 aromatic rings. The molecule has 1 fully saturated rings. The van der Waals surface area contributed by atoms with Gasteiger partial charge in [-0.05, 0) is 37.1 Å². The summed E-state index contributed by atoms with van der Waals surface area (Å²) < 4.78 is 0. The van der Waals surface area contributed by atoms with Gasteiger partial charge in [0.25, 0.3) is 0 Å². The fourth-order valence-electron chi connectivity index (χ4n) is 3.59. The van der Waals surface area contributed by atoms with E-state index in [9.17, 15) is 9.90 Å². The third-order valence-electron chi connectivity index (χ3n) is 5.04. The van der Waals surface area contributed by atoms with Crippen LogP contribution in [0.2, 0.25) is 0 Å². The highest BCUT2D eigenvalue weighted by atomic mass is 16.3. The lowest BCUT2D eigenvalue weighted by atomic mass is 9.91. The molecule has 0 saturated carbocycles. The Bertz CT molecular complexity index is 648. The number of nitrogens with zero attached hydrogens (tertiary/aromatic N) is 1. The van der Waals surface area contributed by atoms with Crippen molar-refractivity contribution >= 4 is 6.03 Å². The summed E-state index contributed by atoms with van der Waals surface area (Å²) in [5.41, 5.74) is 2.33. The van der Waals surface area contributed by atoms with Crippen LogP contribution in [-0.2, 0) is 0 Å². The molecule has 2 aromatic carbocycles. The van der Waals surface area contributed by atoms with Crippen LogP contribution in [0.25, 0.3) is 0 Å². The third kappa shape index (κ3) is 6.08. The van der Waals surface area contributed by atoms with Crippen LogP contribution >= 0.6 is 0 Å². The number of nitrogens with one attached hydrogen (secondary N) is 2. The molecule has 1 aliphatic heterocycles. The molecule has 0 bridgehead atoms. The number of rotatable bonds is 8. The number of β-amino-alcohol motifs (C(OH)–C–C–N with tert-alkyl or cyclic N) is 1. The molecular formula is C22H29N3O2. The molecule has 1 unspecified atom stereocenters. The molecule has 1 aliphatic rings. The second-order valence-electron chi connectivity index (χ2n) is 7.13. The fraction of sp³-hybridized carbons (Fsp3) is 0.409. The number of carbonyl (C=O) groups is 1. The molecule has 1 atom stereocenters. The van der Waals surface area contributed by atoms with E-state index in [1.165, 1.54) is 12.8 Å². The van der Waals surface area contributed by atoms with Gasteiger partial charge in [-0.2, -0.15) is 0 Å². The van der Waals surface area contributed by atoms with Gasteiger partial charge in [0.15, 0.2) is 0 Å². The van der Waals surface area contributed by atoms with E-state index in [0.717, 1.165) is 24.2 Å². The van der Waals surface area contributed by atoms with Crippen LogP contribution in [0.5, 0.6) is 0 Å². The quantitative estimate of drug-likeness (QED) is 0.672. The van der Waals surface area contributed by atoms with Gasteiger partial charge in [0.1, 0.15) is 0 Å².